The van der Waals surface area contributed by atoms with E-state index in [0.29, 0.717) is 31.7 Å². The summed E-state index contributed by atoms with van der Waals surface area (Å²) in [7, 11) is -0.219. The zero-order chi connectivity index (χ0) is 22.0. The molecule has 0 unspecified atom stereocenters. The van der Waals surface area contributed by atoms with E-state index in [1.54, 1.807) is 49.8 Å². The van der Waals surface area contributed by atoms with E-state index in [-0.39, 0.29) is 9.92 Å². The van der Waals surface area contributed by atoms with Gasteiger partial charge in [0, 0.05) is 30.1 Å². The number of ether oxygens (including phenoxy) is 2. The predicted octanol–water partition coefficient (Wildman–Crippen LogP) is 4.92. The zero-order valence-electron chi connectivity index (χ0n) is 17.2. The third-order valence-electron chi connectivity index (χ3n) is 5.47. The Hall–Kier alpha value is -2.29. The van der Waals surface area contributed by atoms with E-state index < -0.39 is 15.1 Å². The van der Waals surface area contributed by atoms with Crippen LogP contribution in [0.5, 0.6) is 11.5 Å². The molecule has 0 bridgehead atoms. The summed E-state index contributed by atoms with van der Waals surface area (Å²) >= 11 is 7.69. The molecule has 0 atom stereocenters. The number of halogens is 1. The zero-order valence-corrected chi connectivity index (χ0v) is 19.6. The number of rotatable bonds is 6. The van der Waals surface area contributed by atoms with E-state index in [0.717, 1.165) is 22.1 Å². The molecule has 3 aromatic rings. The SMILES string of the molecule is COc1ccc(-c2csc(N3CCC(S(=O)(=O)c4ccccc4Cl)CC3)n2)c(OC)c1. The lowest BCUT2D eigenvalue weighted by Crippen LogP contribution is -2.39. The van der Waals surface area contributed by atoms with Crippen molar-refractivity contribution >= 4 is 37.9 Å². The number of thiazole rings is 1. The van der Waals surface area contributed by atoms with Crippen molar-refractivity contribution in [3.8, 4) is 22.8 Å². The fraction of sp³-hybridized carbons (Fsp3) is 0.318. The lowest BCUT2D eigenvalue weighted by molar-refractivity contribution is 0.395. The number of hydrogen-bond donors (Lipinski definition) is 0. The molecular weight excluding hydrogens is 456 g/mol. The molecule has 0 saturated carbocycles. The van der Waals surface area contributed by atoms with Gasteiger partial charge in [-0.3, -0.25) is 0 Å². The molecule has 0 N–H and O–H groups in total. The van der Waals surface area contributed by atoms with Gasteiger partial charge in [0.2, 0.25) is 0 Å². The molecule has 0 spiro atoms. The first kappa shape index (κ1) is 21.9. The molecule has 1 fully saturated rings. The van der Waals surface area contributed by atoms with E-state index in [1.165, 1.54) is 0 Å². The summed E-state index contributed by atoms with van der Waals surface area (Å²) in [6.07, 6.45) is 1.07. The van der Waals surface area contributed by atoms with Crippen molar-refractivity contribution in [3.05, 3.63) is 52.9 Å². The molecule has 1 aliphatic rings. The molecule has 6 nitrogen and oxygen atoms in total. The van der Waals surface area contributed by atoms with Gasteiger partial charge in [0.25, 0.3) is 0 Å². The monoisotopic (exact) mass is 478 g/mol. The fourth-order valence-corrected chi connectivity index (χ4v) is 6.89. The Bertz CT molecular complexity index is 1170. The minimum atomic E-state index is -3.46. The van der Waals surface area contributed by atoms with Crippen molar-refractivity contribution in [3.63, 3.8) is 0 Å². The van der Waals surface area contributed by atoms with Crippen molar-refractivity contribution in [2.75, 3.05) is 32.2 Å². The van der Waals surface area contributed by atoms with Gasteiger partial charge in [-0.2, -0.15) is 0 Å². The van der Waals surface area contributed by atoms with E-state index >= 15 is 0 Å². The molecular formula is C22H23ClN2O4S2. The molecule has 0 radical (unpaired) electrons. The summed E-state index contributed by atoms with van der Waals surface area (Å²) in [5.74, 6) is 1.42. The van der Waals surface area contributed by atoms with Crippen molar-refractivity contribution in [2.45, 2.75) is 23.0 Å². The molecule has 31 heavy (non-hydrogen) atoms. The van der Waals surface area contributed by atoms with Gasteiger partial charge in [-0.15, -0.1) is 11.3 Å². The van der Waals surface area contributed by atoms with Crippen LogP contribution in [0.1, 0.15) is 12.8 Å². The van der Waals surface area contributed by atoms with Crippen LogP contribution in [0.15, 0.2) is 52.7 Å². The van der Waals surface area contributed by atoms with Crippen LogP contribution < -0.4 is 14.4 Å². The first-order valence-corrected chi connectivity index (χ1v) is 12.7. The Morgan fingerprint density at radius 1 is 1.10 bits per heavy atom. The molecule has 4 rings (SSSR count). The topological polar surface area (TPSA) is 68.7 Å². The fourth-order valence-electron chi connectivity index (χ4n) is 3.76. The van der Waals surface area contributed by atoms with Gasteiger partial charge in [0.1, 0.15) is 11.5 Å². The molecule has 9 heteroatoms. The predicted molar refractivity (Wildman–Crippen MR) is 125 cm³/mol. The molecule has 0 amide bonds. The number of aromatic nitrogens is 1. The van der Waals surface area contributed by atoms with Crippen LogP contribution in [-0.2, 0) is 9.84 Å². The first-order chi connectivity index (χ1) is 14.9. The standard InChI is InChI=1S/C22H23ClN2O4S2/c1-28-15-7-8-17(20(13-15)29-2)19-14-30-22(24-19)25-11-9-16(10-12-25)31(26,27)21-6-4-3-5-18(21)23/h3-8,13-14,16H,9-12H2,1-2H3. The minimum absolute atomic E-state index is 0.221. The Balaban J connectivity index is 1.48. The summed E-state index contributed by atoms with van der Waals surface area (Å²) < 4.78 is 36.8. The van der Waals surface area contributed by atoms with E-state index in [9.17, 15) is 8.42 Å². The second-order valence-electron chi connectivity index (χ2n) is 7.24. The smallest absolute Gasteiger partial charge is 0.185 e. The third kappa shape index (κ3) is 4.37. The molecule has 0 aliphatic carbocycles. The number of anilines is 1. The van der Waals surface area contributed by atoms with Crippen LogP contribution in [0, 0.1) is 0 Å². The maximum Gasteiger partial charge on any atom is 0.185 e. The van der Waals surface area contributed by atoms with Gasteiger partial charge in [-0.05, 0) is 37.1 Å². The van der Waals surface area contributed by atoms with Gasteiger partial charge in [0.05, 0.1) is 35.1 Å². The van der Waals surface area contributed by atoms with Gasteiger partial charge in [-0.1, -0.05) is 23.7 Å². The number of methoxy groups -OCH3 is 2. The van der Waals surface area contributed by atoms with Crippen molar-refractivity contribution in [1.82, 2.24) is 4.98 Å². The van der Waals surface area contributed by atoms with Crippen LogP contribution in [0.3, 0.4) is 0 Å². The molecule has 164 valence electrons. The first-order valence-electron chi connectivity index (χ1n) is 9.85. The lowest BCUT2D eigenvalue weighted by Gasteiger charge is -2.31. The summed E-state index contributed by atoms with van der Waals surface area (Å²) in [5, 5.41) is 2.71. The maximum absolute atomic E-state index is 13.0. The molecule has 1 aliphatic heterocycles. The highest BCUT2D eigenvalue weighted by Gasteiger charge is 2.33. The highest BCUT2D eigenvalue weighted by molar-refractivity contribution is 7.92. The van der Waals surface area contributed by atoms with Gasteiger partial charge in [-0.25, -0.2) is 13.4 Å². The molecule has 2 aromatic carbocycles. The maximum atomic E-state index is 13.0. The minimum Gasteiger partial charge on any atom is -0.497 e. The molecule has 1 aromatic heterocycles. The highest BCUT2D eigenvalue weighted by Crippen LogP contribution is 2.37. The Kier molecular flexibility index (Phi) is 6.41. The van der Waals surface area contributed by atoms with Crippen molar-refractivity contribution < 1.29 is 17.9 Å². The van der Waals surface area contributed by atoms with Crippen molar-refractivity contribution in [1.29, 1.82) is 0 Å². The van der Waals surface area contributed by atoms with Crippen LogP contribution in [0.2, 0.25) is 5.02 Å². The summed E-state index contributed by atoms with van der Waals surface area (Å²) in [6.45, 7) is 1.25. The number of sulfone groups is 1. The highest BCUT2D eigenvalue weighted by atomic mass is 35.5. The van der Waals surface area contributed by atoms with E-state index in [1.807, 2.05) is 23.6 Å². The second kappa shape index (κ2) is 9.06. The van der Waals surface area contributed by atoms with Crippen LogP contribution >= 0.6 is 22.9 Å². The van der Waals surface area contributed by atoms with Crippen LogP contribution in [0.25, 0.3) is 11.3 Å². The quantitative estimate of drug-likeness (QED) is 0.500. The largest absolute Gasteiger partial charge is 0.497 e. The van der Waals surface area contributed by atoms with Crippen molar-refractivity contribution in [2.24, 2.45) is 0 Å². The normalized spacial score (nSPS) is 15.1. The molecule has 1 saturated heterocycles. The van der Waals surface area contributed by atoms with Crippen LogP contribution in [-0.4, -0.2) is 46.0 Å². The average molecular weight is 479 g/mol. The van der Waals surface area contributed by atoms with Gasteiger partial charge < -0.3 is 14.4 Å². The lowest BCUT2D eigenvalue weighted by atomic mass is 10.1. The summed E-state index contributed by atoms with van der Waals surface area (Å²) in [4.78, 5) is 7.14. The molecule has 2 heterocycles. The Morgan fingerprint density at radius 2 is 1.84 bits per heavy atom. The Morgan fingerprint density at radius 3 is 2.52 bits per heavy atom. The second-order valence-corrected chi connectivity index (χ2v) is 10.7. The van der Waals surface area contributed by atoms with Gasteiger partial charge in [0.15, 0.2) is 15.0 Å². The summed E-state index contributed by atoms with van der Waals surface area (Å²) in [6, 6.07) is 12.3. The van der Waals surface area contributed by atoms with Gasteiger partial charge >= 0.3 is 0 Å². The number of hydrogen-bond acceptors (Lipinski definition) is 7. The number of benzene rings is 2. The van der Waals surface area contributed by atoms with E-state index in [2.05, 4.69) is 4.90 Å². The van der Waals surface area contributed by atoms with Crippen LogP contribution in [0.4, 0.5) is 5.13 Å². The number of nitrogens with zero attached hydrogens (tertiary/aromatic N) is 2. The average Bonchev–Trinajstić information content (AvgIpc) is 3.29. The number of piperidine rings is 1. The third-order valence-corrected chi connectivity index (χ3v) is 9.13. The van der Waals surface area contributed by atoms with E-state index in [4.69, 9.17) is 26.1 Å². The Labute approximate surface area is 191 Å². The summed E-state index contributed by atoms with van der Waals surface area (Å²) in [5.41, 5.74) is 1.72.